The molecule has 1 aromatic rings. The van der Waals surface area contributed by atoms with Crippen LogP contribution in [0.5, 0.6) is 5.75 Å². The fourth-order valence-corrected chi connectivity index (χ4v) is 2.28. The second-order valence-electron chi connectivity index (χ2n) is 5.36. The van der Waals surface area contributed by atoms with E-state index in [0.29, 0.717) is 25.9 Å². The fourth-order valence-electron chi connectivity index (χ4n) is 2.28. The zero-order valence-electron chi connectivity index (χ0n) is 13.0. The molecule has 2 amide bonds. The topological polar surface area (TPSA) is 67.9 Å². The first kappa shape index (κ1) is 16.3. The van der Waals surface area contributed by atoms with Crippen molar-refractivity contribution >= 4 is 11.8 Å². The first-order chi connectivity index (χ1) is 10.6. The molecule has 1 N–H and O–H groups in total. The minimum atomic E-state index is -0.136. The van der Waals surface area contributed by atoms with Gasteiger partial charge in [-0.3, -0.25) is 9.59 Å². The number of carbonyl (C=O) groups is 2. The molecule has 1 atom stereocenters. The molecule has 0 aliphatic carbocycles. The third-order valence-corrected chi connectivity index (χ3v) is 3.65. The summed E-state index contributed by atoms with van der Waals surface area (Å²) >= 11 is 0. The Morgan fingerprint density at radius 2 is 2.32 bits per heavy atom. The van der Waals surface area contributed by atoms with Crippen LogP contribution < -0.4 is 10.1 Å². The first-order valence-corrected chi connectivity index (χ1v) is 7.33. The van der Waals surface area contributed by atoms with Gasteiger partial charge in [-0.25, -0.2) is 0 Å². The number of rotatable bonds is 6. The third kappa shape index (κ3) is 4.73. The van der Waals surface area contributed by atoms with Crippen molar-refractivity contribution < 1.29 is 19.1 Å². The van der Waals surface area contributed by atoms with Crippen molar-refractivity contribution in [2.75, 3.05) is 33.9 Å². The number of nitrogens with one attached hydrogen (secondary N) is 1. The average Bonchev–Trinajstić information content (AvgIpc) is 2.54. The number of ether oxygens (including phenoxy) is 2. The summed E-state index contributed by atoms with van der Waals surface area (Å²) < 4.78 is 10.5. The van der Waals surface area contributed by atoms with Crippen molar-refractivity contribution in [2.45, 2.75) is 18.9 Å². The van der Waals surface area contributed by atoms with Gasteiger partial charge in [0.05, 0.1) is 13.2 Å². The summed E-state index contributed by atoms with van der Waals surface area (Å²) in [6.07, 6.45) is 0.935. The van der Waals surface area contributed by atoms with Gasteiger partial charge in [-0.05, 0) is 24.1 Å². The van der Waals surface area contributed by atoms with Crippen molar-refractivity contribution in [1.82, 2.24) is 10.2 Å². The van der Waals surface area contributed by atoms with Crippen LogP contribution in [0, 0.1) is 0 Å². The Bertz CT molecular complexity index is 533. The lowest BCUT2D eigenvalue weighted by Gasteiger charge is -2.29. The van der Waals surface area contributed by atoms with Crippen LogP contribution in [-0.2, 0) is 20.7 Å². The number of likely N-dealkylation sites (N-methyl/N-ethyl adjacent to an activating group) is 1. The van der Waals surface area contributed by atoms with E-state index in [9.17, 15) is 9.59 Å². The fraction of sp³-hybridized carbons (Fsp3) is 0.500. The molecule has 1 aromatic carbocycles. The van der Waals surface area contributed by atoms with E-state index in [1.54, 1.807) is 19.1 Å². The molecular formula is C16H22N2O4. The lowest BCUT2D eigenvalue weighted by Crippen LogP contribution is -2.48. The molecule has 0 spiro atoms. The normalized spacial score (nSPS) is 18.2. The maximum absolute atomic E-state index is 11.9. The zero-order chi connectivity index (χ0) is 15.9. The largest absolute Gasteiger partial charge is 0.497 e. The lowest BCUT2D eigenvalue weighted by molar-refractivity contribution is -0.146. The minimum absolute atomic E-state index is 0.0222. The molecule has 1 aliphatic heterocycles. The van der Waals surface area contributed by atoms with Crippen molar-refractivity contribution in [3.05, 3.63) is 29.8 Å². The number of morpholine rings is 1. The summed E-state index contributed by atoms with van der Waals surface area (Å²) in [6, 6.07) is 7.69. The van der Waals surface area contributed by atoms with Gasteiger partial charge in [-0.2, -0.15) is 0 Å². The molecule has 6 heteroatoms. The number of hydrogen-bond acceptors (Lipinski definition) is 4. The second kappa shape index (κ2) is 7.79. The van der Waals surface area contributed by atoms with E-state index >= 15 is 0 Å². The average molecular weight is 306 g/mol. The monoisotopic (exact) mass is 306 g/mol. The quantitative estimate of drug-likeness (QED) is 0.836. The zero-order valence-corrected chi connectivity index (χ0v) is 13.0. The molecule has 1 saturated heterocycles. The van der Waals surface area contributed by atoms with E-state index in [-0.39, 0.29) is 24.5 Å². The van der Waals surface area contributed by atoms with Gasteiger partial charge >= 0.3 is 0 Å². The van der Waals surface area contributed by atoms with E-state index < -0.39 is 0 Å². The molecule has 0 aromatic heterocycles. The van der Waals surface area contributed by atoms with Gasteiger partial charge in [-0.15, -0.1) is 0 Å². The highest BCUT2D eigenvalue weighted by Gasteiger charge is 2.23. The van der Waals surface area contributed by atoms with E-state index in [1.165, 1.54) is 0 Å². The van der Waals surface area contributed by atoms with Crippen LogP contribution in [0.3, 0.4) is 0 Å². The predicted octanol–water partition coefficient (Wildman–Crippen LogP) is 0.601. The predicted molar refractivity (Wildman–Crippen MR) is 81.7 cm³/mol. The summed E-state index contributed by atoms with van der Waals surface area (Å²) in [4.78, 5) is 24.8. The first-order valence-electron chi connectivity index (χ1n) is 7.33. The van der Waals surface area contributed by atoms with Crippen LogP contribution in [0.1, 0.15) is 12.0 Å². The van der Waals surface area contributed by atoms with Crippen LogP contribution in [-0.4, -0.2) is 56.7 Å². The number of carbonyl (C=O) groups excluding carboxylic acids is 2. The molecule has 0 bridgehead atoms. The molecule has 2 rings (SSSR count). The summed E-state index contributed by atoms with van der Waals surface area (Å²) in [5, 5.41) is 2.85. The van der Waals surface area contributed by atoms with E-state index in [0.717, 1.165) is 11.3 Å². The van der Waals surface area contributed by atoms with E-state index in [2.05, 4.69) is 5.32 Å². The van der Waals surface area contributed by atoms with Crippen molar-refractivity contribution in [1.29, 1.82) is 0 Å². The maximum atomic E-state index is 11.9. The Kier molecular flexibility index (Phi) is 5.77. The number of benzene rings is 1. The van der Waals surface area contributed by atoms with Crippen molar-refractivity contribution in [3.8, 4) is 5.75 Å². The van der Waals surface area contributed by atoms with Crippen LogP contribution in [0.25, 0.3) is 0 Å². The maximum Gasteiger partial charge on any atom is 0.248 e. The number of amides is 2. The highest BCUT2D eigenvalue weighted by Crippen LogP contribution is 2.13. The Morgan fingerprint density at radius 3 is 3.05 bits per heavy atom. The highest BCUT2D eigenvalue weighted by molar-refractivity contribution is 5.78. The summed E-state index contributed by atoms with van der Waals surface area (Å²) in [6.45, 7) is 1.02. The lowest BCUT2D eigenvalue weighted by atomic mass is 10.1. The molecule has 6 nitrogen and oxygen atoms in total. The molecule has 1 unspecified atom stereocenters. The Morgan fingerprint density at radius 1 is 1.50 bits per heavy atom. The molecular weight excluding hydrogens is 284 g/mol. The van der Waals surface area contributed by atoms with Gasteiger partial charge in [0.15, 0.2) is 0 Å². The SMILES string of the molecule is COc1cccc(CCC(=O)NCC2CN(C)C(=O)CO2)c1. The van der Waals surface area contributed by atoms with Crippen LogP contribution >= 0.6 is 0 Å². The summed E-state index contributed by atoms with van der Waals surface area (Å²) in [5.41, 5.74) is 1.06. The number of aryl methyl sites for hydroxylation is 1. The Hall–Kier alpha value is -2.08. The number of hydrogen-bond donors (Lipinski definition) is 1. The van der Waals surface area contributed by atoms with Gasteiger partial charge in [0.25, 0.3) is 0 Å². The molecule has 120 valence electrons. The van der Waals surface area contributed by atoms with Crippen LogP contribution in [0.2, 0.25) is 0 Å². The molecule has 1 aliphatic rings. The minimum Gasteiger partial charge on any atom is -0.497 e. The van der Waals surface area contributed by atoms with Gasteiger partial charge in [0.2, 0.25) is 11.8 Å². The Balaban J connectivity index is 1.70. The Labute approximate surface area is 130 Å². The standard InChI is InChI=1S/C16H22N2O4/c1-18-10-14(22-11-16(18)20)9-17-15(19)7-6-12-4-3-5-13(8-12)21-2/h3-5,8,14H,6-7,9-11H2,1-2H3,(H,17,19). The van der Waals surface area contributed by atoms with E-state index in [1.807, 2.05) is 24.3 Å². The highest BCUT2D eigenvalue weighted by atomic mass is 16.5. The van der Waals surface area contributed by atoms with Gasteiger partial charge in [0.1, 0.15) is 12.4 Å². The number of methoxy groups -OCH3 is 1. The van der Waals surface area contributed by atoms with Crippen molar-refractivity contribution in [2.24, 2.45) is 0 Å². The van der Waals surface area contributed by atoms with Gasteiger partial charge < -0.3 is 19.7 Å². The molecule has 1 fully saturated rings. The van der Waals surface area contributed by atoms with Crippen molar-refractivity contribution in [3.63, 3.8) is 0 Å². The second-order valence-corrected chi connectivity index (χ2v) is 5.36. The van der Waals surface area contributed by atoms with Crippen LogP contribution in [0.15, 0.2) is 24.3 Å². The molecule has 0 saturated carbocycles. The molecule has 0 radical (unpaired) electrons. The van der Waals surface area contributed by atoms with E-state index in [4.69, 9.17) is 9.47 Å². The molecule has 1 heterocycles. The van der Waals surface area contributed by atoms with Crippen LogP contribution in [0.4, 0.5) is 0 Å². The summed E-state index contributed by atoms with van der Waals surface area (Å²) in [7, 11) is 3.36. The smallest absolute Gasteiger partial charge is 0.248 e. The molecule has 22 heavy (non-hydrogen) atoms. The van der Waals surface area contributed by atoms with Gasteiger partial charge in [-0.1, -0.05) is 12.1 Å². The number of nitrogens with zero attached hydrogens (tertiary/aromatic N) is 1. The summed E-state index contributed by atoms with van der Waals surface area (Å²) in [5.74, 6) is 0.743. The van der Waals surface area contributed by atoms with Gasteiger partial charge in [0, 0.05) is 26.6 Å². The third-order valence-electron chi connectivity index (χ3n) is 3.65.